The second-order valence-corrected chi connectivity index (χ2v) is 4.09. The van der Waals surface area contributed by atoms with Gasteiger partial charge in [-0.2, -0.15) is 0 Å². The summed E-state index contributed by atoms with van der Waals surface area (Å²) in [7, 11) is 0. The standard InChI is InChI=1S/C10H7BrF5NO3/c11-2-4-3-17-9(20-10(14,15)16)7(8(12)13)5(4)1-6(18)19/h3,8H,1-2H2,(H,18,19). The summed E-state index contributed by atoms with van der Waals surface area (Å²) in [5, 5.41) is 8.64. The lowest BCUT2D eigenvalue weighted by atomic mass is 10.0. The topological polar surface area (TPSA) is 59.4 Å². The molecule has 0 spiro atoms. The number of nitrogens with zero attached hydrogens (tertiary/aromatic N) is 1. The minimum absolute atomic E-state index is 0.0331. The molecule has 1 N–H and O–H groups in total. The Balaban J connectivity index is 3.43. The van der Waals surface area contributed by atoms with Gasteiger partial charge in [-0.1, -0.05) is 15.9 Å². The highest BCUT2D eigenvalue weighted by atomic mass is 79.9. The second kappa shape index (κ2) is 6.33. The SMILES string of the molecule is O=C(O)Cc1c(CBr)cnc(OC(F)(F)F)c1C(F)F. The molecule has 1 aromatic heterocycles. The van der Waals surface area contributed by atoms with Gasteiger partial charge in [-0.3, -0.25) is 4.79 Å². The molecule has 0 atom stereocenters. The third kappa shape index (κ3) is 4.29. The molecule has 0 bridgehead atoms. The van der Waals surface area contributed by atoms with Crippen molar-refractivity contribution in [2.75, 3.05) is 0 Å². The lowest BCUT2D eigenvalue weighted by Gasteiger charge is -2.16. The number of ether oxygens (including phenoxy) is 1. The fourth-order valence-electron chi connectivity index (χ4n) is 1.48. The van der Waals surface area contributed by atoms with Gasteiger partial charge in [0, 0.05) is 11.5 Å². The van der Waals surface area contributed by atoms with E-state index >= 15 is 0 Å². The zero-order chi connectivity index (χ0) is 15.5. The molecule has 0 saturated carbocycles. The van der Waals surface area contributed by atoms with Gasteiger partial charge < -0.3 is 9.84 Å². The third-order valence-electron chi connectivity index (χ3n) is 2.18. The highest BCUT2D eigenvalue weighted by Crippen LogP contribution is 2.36. The molecule has 0 amide bonds. The van der Waals surface area contributed by atoms with Gasteiger partial charge in [-0.15, -0.1) is 13.2 Å². The molecule has 0 fully saturated rings. The van der Waals surface area contributed by atoms with Crippen LogP contribution in [0.25, 0.3) is 0 Å². The molecule has 1 heterocycles. The van der Waals surface area contributed by atoms with Crippen molar-refractivity contribution >= 4 is 21.9 Å². The van der Waals surface area contributed by atoms with Crippen LogP contribution in [0.2, 0.25) is 0 Å². The van der Waals surface area contributed by atoms with Gasteiger partial charge in [0.1, 0.15) is 0 Å². The van der Waals surface area contributed by atoms with Crippen LogP contribution in [-0.4, -0.2) is 22.4 Å². The van der Waals surface area contributed by atoms with Crippen LogP contribution in [0, 0.1) is 0 Å². The highest BCUT2D eigenvalue weighted by molar-refractivity contribution is 9.08. The van der Waals surface area contributed by atoms with Crippen molar-refractivity contribution in [3.05, 3.63) is 22.9 Å². The highest BCUT2D eigenvalue weighted by Gasteiger charge is 2.35. The van der Waals surface area contributed by atoms with Crippen LogP contribution >= 0.6 is 15.9 Å². The van der Waals surface area contributed by atoms with E-state index in [-0.39, 0.29) is 10.9 Å². The van der Waals surface area contributed by atoms with Crippen molar-refractivity contribution in [1.29, 1.82) is 0 Å². The van der Waals surface area contributed by atoms with Crippen LogP contribution in [-0.2, 0) is 16.5 Å². The number of halogens is 6. The van der Waals surface area contributed by atoms with Crippen LogP contribution < -0.4 is 4.74 Å². The molecule has 0 aromatic carbocycles. The predicted octanol–water partition coefficient (Wildman–Crippen LogP) is 3.44. The Labute approximate surface area is 117 Å². The first-order valence-electron chi connectivity index (χ1n) is 4.98. The quantitative estimate of drug-likeness (QED) is 0.643. The second-order valence-electron chi connectivity index (χ2n) is 3.53. The van der Waals surface area contributed by atoms with Crippen LogP contribution in [0.5, 0.6) is 5.88 Å². The Morgan fingerprint density at radius 3 is 2.45 bits per heavy atom. The fourth-order valence-corrected chi connectivity index (χ4v) is 1.96. The maximum absolute atomic E-state index is 12.9. The van der Waals surface area contributed by atoms with Crippen molar-refractivity contribution in [2.45, 2.75) is 24.5 Å². The fraction of sp³-hybridized carbons (Fsp3) is 0.400. The largest absolute Gasteiger partial charge is 0.574 e. The van der Waals surface area contributed by atoms with Crippen LogP contribution in [0.1, 0.15) is 23.1 Å². The van der Waals surface area contributed by atoms with Crippen molar-refractivity contribution in [3.63, 3.8) is 0 Å². The summed E-state index contributed by atoms with van der Waals surface area (Å²) in [6.45, 7) is 0. The molecule has 0 saturated heterocycles. The van der Waals surface area contributed by atoms with E-state index in [0.717, 1.165) is 6.20 Å². The molecule has 10 heteroatoms. The number of aromatic nitrogens is 1. The molecule has 1 aromatic rings. The van der Waals surface area contributed by atoms with E-state index in [9.17, 15) is 26.7 Å². The molecule has 20 heavy (non-hydrogen) atoms. The molecule has 0 aliphatic rings. The maximum atomic E-state index is 12.9. The lowest BCUT2D eigenvalue weighted by molar-refractivity contribution is -0.276. The van der Waals surface area contributed by atoms with Crippen molar-refractivity contribution < 1.29 is 36.6 Å². The smallest absolute Gasteiger partial charge is 0.481 e. The van der Waals surface area contributed by atoms with E-state index in [1.165, 1.54) is 0 Å². The van der Waals surface area contributed by atoms with Gasteiger partial charge in [-0.25, -0.2) is 13.8 Å². The minimum atomic E-state index is -5.20. The number of alkyl halides is 6. The Morgan fingerprint density at radius 2 is 2.05 bits per heavy atom. The number of hydrogen-bond acceptors (Lipinski definition) is 3. The molecule has 0 aliphatic carbocycles. The van der Waals surface area contributed by atoms with Gasteiger partial charge in [0.2, 0.25) is 5.88 Å². The van der Waals surface area contributed by atoms with E-state index in [2.05, 4.69) is 25.7 Å². The first-order valence-corrected chi connectivity index (χ1v) is 6.10. The Morgan fingerprint density at radius 1 is 1.45 bits per heavy atom. The van der Waals surface area contributed by atoms with Crippen LogP contribution in [0.4, 0.5) is 22.0 Å². The third-order valence-corrected chi connectivity index (χ3v) is 2.79. The predicted molar refractivity (Wildman–Crippen MR) is 59.8 cm³/mol. The summed E-state index contributed by atoms with van der Waals surface area (Å²) < 4.78 is 65.7. The summed E-state index contributed by atoms with van der Waals surface area (Å²) in [5.41, 5.74) is -1.56. The van der Waals surface area contributed by atoms with Gasteiger partial charge >= 0.3 is 12.3 Å². The number of carboxylic acid groups (broad SMARTS) is 1. The average Bonchev–Trinajstić information content (AvgIpc) is 2.25. The number of aliphatic carboxylic acids is 1. The van der Waals surface area contributed by atoms with Crippen molar-refractivity contribution in [3.8, 4) is 5.88 Å². The Bertz CT molecular complexity index is 506. The van der Waals surface area contributed by atoms with Gasteiger partial charge in [0.15, 0.2) is 0 Å². The molecule has 1 rings (SSSR count). The van der Waals surface area contributed by atoms with E-state index in [4.69, 9.17) is 5.11 Å². The average molecular weight is 364 g/mol. The van der Waals surface area contributed by atoms with Gasteiger partial charge in [0.05, 0.1) is 12.0 Å². The first-order chi connectivity index (χ1) is 9.15. The molecule has 0 unspecified atom stereocenters. The van der Waals surface area contributed by atoms with E-state index in [1.807, 2.05) is 0 Å². The summed E-state index contributed by atoms with van der Waals surface area (Å²) in [5.74, 6) is -2.80. The summed E-state index contributed by atoms with van der Waals surface area (Å²) >= 11 is 2.93. The normalized spacial score (nSPS) is 11.8. The van der Waals surface area contributed by atoms with Crippen molar-refractivity contribution in [2.24, 2.45) is 0 Å². The lowest BCUT2D eigenvalue weighted by Crippen LogP contribution is -2.20. The number of carboxylic acids is 1. The molecular weight excluding hydrogens is 357 g/mol. The molecule has 112 valence electrons. The number of pyridine rings is 1. The zero-order valence-corrected chi connectivity index (χ0v) is 11.1. The van der Waals surface area contributed by atoms with E-state index in [1.54, 1.807) is 0 Å². The monoisotopic (exact) mass is 363 g/mol. The number of carbonyl (C=O) groups is 1. The zero-order valence-electron chi connectivity index (χ0n) is 9.55. The van der Waals surface area contributed by atoms with Crippen molar-refractivity contribution in [1.82, 2.24) is 4.98 Å². The molecule has 0 radical (unpaired) electrons. The van der Waals surface area contributed by atoms with E-state index in [0.29, 0.717) is 0 Å². The van der Waals surface area contributed by atoms with E-state index < -0.39 is 42.2 Å². The van der Waals surface area contributed by atoms with Crippen LogP contribution in [0.15, 0.2) is 6.20 Å². The minimum Gasteiger partial charge on any atom is -0.481 e. The number of rotatable bonds is 5. The number of hydrogen-bond donors (Lipinski definition) is 1. The Hall–Kier alpha value is -1.45. The first kappa shape index (κ1) is 16.6. The van der Waals surface area contributed by atoms with Gasteiger partial charge in [-0.05, 0) is 11.1 Å². The summed E-state index contributed by atoms with van der Waals surface area (Å²) in [6.07, 6.45) is -8.56. The Kier molecular flexibility index (Phi) is 5.26. The molecule has 4 nitrogen and oxygen atoms in total. The molecular formula is C10H7BrF5NO3. The van der Waals surface area contributed by atoms with Crippen LogP contribution in [0.3, 0.4) is 0 Å². The summed E-state index contributed by atoms with van der Waals surface area (Å²) in [4.78, 5) is 13.8. The summed E-state index contributed by atoms with van der Waals surface area (Å²) in [6, 6.07) is 0. The molecule has 0 aliphatic heterocycles. The maximum Gasteiger partial charge on any atom is 0.574 e. The van der Waals surface area contributed by atoms with Gasteiger partial charge in [0.25, 0.3) is 6.43 Å².